The molecule has 1 rings (SSSR count). The van der Waals surface area contributed by atoms with E-state index in [1.54, 1.807) is 0 Å². The van der Waals surface area contributed by atoms with Crippen LogP contribution >= 0.6 is 0 Å². The van der Waals surface area contributed by atoms with Gasteiger partial charge in [0.05, 0.1) is 13.2 Å². The van der Waals surface area contributed by atoms with Gasteiger partial charge in [-0.25, -0.2) is 9.18 Å². The number of halogens is 1. The summed E-state index contributed by atoms with van der Waals surface area (Å²) in [6.07, 6.45) is 1.03. The third-order valence-electron chi connectivity index (χ3n) is 2.66. The molecule has 5 nitrogen and oxygen atoms in total. The van der Waals surface area contributed by atoms with Crippen LogP contribution in [-0.2, 0) is 9.53 Å². The third-order valence-corrected chi connectivity index (χ3v) is 2.66. The molecule has 1 aromatic carbocycles. The molecule has 0 saturated heterocycles. The lowest BCUT2D eigenvalue weighted by Crippen LogP contribution is -2.41. The standard InChI is InChI=1S/C14H15FN2O3/c1-20-14(19)12(7-2-3-8-16)17-13(18)10-5-4-6-11(15)9-10/h4-6,9,12H,2-3,7H2,1H3,(H,17,18)/t12-/m0/s1. The predicted octanol–water partition coefficient (Wildman–Crippen LogP) is 1.79. The van der Waals surface area contributed by atoms with Gasteiger partial charge in [-0.1, -0.05) is 6.07 Å². The van der Waals surface area contributed by atoms with Crippen molar-refractivity contribution in [3.05, 3.63) is 35.6 Å². The van der Waals surface area contributed by atoms with Crippen LogP contribution < -0.4 is 5.32 Å². The highest BCUT2D eigenvalue weighted by molar-refractivity contribution is 5.96. The molecule has 0 aliphatic heterocycles. The summed E-state index contributed by atoms with van der Waals surface area (Å²) in [6, 6.07) is 6.28. The number of esters is 1. The number of amides is 1. The molecule has 0 bridgehead atoms. The number of nitrogens with one attached hydrogen (secondary N) is 1. The van der Waals surface area contributed by atoms with E-state index >= 15 is 0 Å². The maximum atomic E-state index is 13.0. The topological polar surface area (TPSA) is 79.2 Å². The minimum Gasteiger partial charge on any atom is -0.467 e. The summed E-state index contributed by atoms with van der Waals surface area (Å²) in [5, 5.41) is 11.0. The zero-order chi connectivity index (χ0) is 15.0. The van der Waals surface area contributed by atoms with Gasteiger partial charge in [0, 0.05) is 12.0 Å². The SMILES string of the molecule is COC(=O)[C@H](CCCC#N)NC(=O)c1cccc(F)c1. The number of rotatable bonds is 6. The van der Waals surface area contributed by atoms with Crippen molar-refractivity contribution in [3.8, 4) is 6.07 Å². The molecule has 1 atom stereocenters. The first-order chi connectivity index (χ1) is 9.58. The second-order valence-electron chi connectivity index (χ2n) is 4.11. The summed E-state index contributed by atoms with van der Waals surface area (Å²) < 4.78 is 17.6. The fraction of sp³-hybridized carbons (Fsp3) is 0.357. The first-order valence-corrected chi connectivity index (χ1v) is 6.09. The van der Waals surface area contributed by atoms with E-state index in [1.807, 2.05) is 6.07 Å². The number of nitriles is 1. The van der Waals surface area contributed by atoms with Crippen molar-refractivity contribution in [3.63, 3.8) is 0 Å². The van der Waals surface area contributed by atoms with Crippen molar-refractivity contribution < 1.29 is 18.7 Å². The van der Waals surface area contributed by atoms with Gasteiger partial charge >= 0.3 is 5.97 Å². The Balaban J connectivity index is 2.71. The molecule has 6 heteroatoms. The van der Waals surface area contributed by atoms with Crippen molar-refractivity contribution in [2.45, 2.75) is 25.3 Å². The maximum absolute atomic E-state index is 13.0. The number of nitrogens with zero attached hydrogens (tertiary/aromatic N) is 1. The van der Waals surface area contributed by atoms with Crippen LogP contribution in [0.25, 0.3) is 0 Å². The highest BCUT2D eigenvalue weighted by Crippen LogP contribution is 2.07. The minimum atomic E-state index is -0.843. The van der Waals surface area contributed by atoms with Crippen molar-refractivity contribution >= 4 is 11.9 Å². The number of benzene rings is 1. The van der Waals surface area contributed by atoms with E-state index in [1.165, 1.54) is 25.3 Å². The van der Waals surface area contributed by atoms with Gasteiger partial charge in [-0.15, -0.1) is 0 Å². The van der Waals surface area contributed by atoms with Crippen LogP contribution in [0.3, 0.4) is 0 Å². The average Bonchev–Trinajstić information content (AvgIpc) is 2.45. The van der Waals surface area contributed by atoms with Gasteiger partial charge in [0.1, 0.15) is 11.9 Å². The lowest BCUT2D eigenvalue weighted by molar-refractivity contribution is -0.143. The molecule has 1 N–H and O–H groups in total. The Kier molecular flexibility index (Phi) is 6.17. The normalized spacial score (nSPS) is 11.2. The van der Waals surface area contributed by atoms with E-state index in [4.69, 9.17) is 5.26 Å². The molecule has 0 fully saturated rings. The number of methoxy groups -OCH3 is 1. The number of ether oxygens (including phenoxy) is 1. The van der Waals surface area contributed by atoms with Gasteiger partial charge in [-0.3, -0.25) is 4.79 Å². The summed E-state index contributed by atoms with van der Waals surface area (Å²) in [7, 11) is 1.22. The van der Waals surface area contributed by atoms with Gasteiger partial charge < -0.3 is 10.1 Å². The Morgan fingerprint density at radius 3 is 2.85 bits per heavy atom. The van der Waals surface area contributed by atoms with Crippen molar-refractivity contribution in [1.82, 2.24) is 5.32 Å². The van der Waals surface area contributed by atoms with Crippen LogP contribution in [0, 0.1) is 17.1 Å². The Bertz CT molecular complexity index is 525. The van der Waals surface area contributed by atoms with Gasteiger partial charge in [0.25, 0.3) is 5.91 Å². The Labute approximate surface area is 116 Å². The highest BCUT2D eigenvalue weighted by atomic mass is 19.1. The van der Waals surface area contributed by atoms with E-state index in [0.29, 0.717) is 12.8 Å². The predicted molar refractivity (Wildman–Crippen MR) is 69.1 cm³/mol. The highest BCUT2D eigenvalue weighted by Gasteiger charge is 2.21. The van der Waals surface area contributed by atoms with E-state index in [9.17, 15) is 14.0 Å². The molecule has 0 unspecified atom stereocenters. The number of hydrogen-bond donors (Lipinski definition) is 1. The van der Waals surface area contributed by atoms with Crippen LogP contribution in [0.4, 0.5) is 4.39 Å². The zero-order valence-corrected chi connectivity index (χ0v) is 11.1. The summed E-state index contributed by atoms with van der Waals surface area (Å²) in [5.74, 6) is -1.68. The Hall–Kier alpha value is -2.42. The monoisotopic (exact) mass is 278 g/mol. The molecular formula is C14H15FN2O3. The Morgan fingerprint density at radius 2 is 2.25 bits per heavy atom. The first kappa shape index (κ1) is 15.6. The number of carbonyl (C=O) groups is 2. The molecule has 0 aliphatic rings. The molecule has 1 aromatic rings. The van der Waals surface area contributed by atoms with Gasteiger partial charge in [-0.2, -0.15) is 5.26 Å². The number of hydrogen-bond acceptors (Lipinski definition) is 4. The van der Waals surface area contributed by atoms with E-state index in [0.717, 1.165) is 6.07 Å². The van der Waals surface area contributed by atoms with Crippen LogP contribution in [0.5, 0.6) is 0 Å². The number of unbranched alkanes of at least 4 members (excludes halogenated alkanes) is 1. The smallest absolute Gasteiger partial charge is 0.328 e. The second kappa shape index (κ2) is 7.89. The summed E-state index contributed by atoms with van der Waals surface area (Å²) >= 11 is 0. The summed E-state index contributed by atoms with van der Waals surface area (Å²) in [5.41, 5.74) is 0.124. The fourth-order valence-electron chi connectivity index (χ4n) is 1.65. The Morgan fingerprint density at radius 1 is 1.50 bits per heavy atom. The molecule has 0 saturated carbocycles. The summed E-state index contributed by atoms with van der Waals surface area (Å²) in [6.45, 7) is 0. The van der Waals surface area contributed by atoms with E-state index in [-0.39, 0.29) is 12.0 Å². The van der Waals surface area contributed by atoms with Crippen molar-refractivity contribution in [2.75, 3.05) is 7.11 Å². The first-order valence-electron chi connectivity index (χ1n) is 6.09. The van der Waals surface area contributed by atoms with Crippen molar-refractivity contribution in [1.29, 1.82) is 5.26 Å². The van der Waals surface area contributed by atoms with Crippen LogP contribution in [0.15, 0.2) is 24.3 Å². The summed E-state index contributed by atoms with van der Waals surface area (Å²) in [4.78, 5) is 23.5. The average molecular weight is 278 g/mol. The van der Waals surface area contributed by atoms with Crippen molar-refractivity contribution in [2.24, 2.45) is 0 Å². The molecule has 0 spiro atoms. The fourth-order valence-corrected chi connectivity index (χ4v) is 1.65. The zero-order valence-electron chi connectivity index (χ0n) is 11.1. The molecular weight excluding hydrogens is 263 g/mol. The molecule has 0 aromatic heterocycles. The van der Waals surface area contributed by atoms with Crippen LogP contribution in [0.2, 0.25) is 0 Å². The molecule has 20 heavy (non-hydrogen) atoms. The molecule has 1 amide bonds. The van der Waals surface area contributed by atoms with Gasteiger partial charge in [0.2, 0.25) is 0 Å². The largest absolute Gasteiger partial charge is 0.467 e. The van der Waals surface area contributed by atoms with E-state index in [2.05, 4.69) is 10.1 Å². The molecule has 0 heterocycles. The van der Waals surface area contributed by atoms with E-state index < -0.39 is 23.7 Å². The van der Waals surface area contributed by atoms with Crippen LogP contribution in [0.1, 0.15) is 29.6 Å². The molecule has 106 valence electrons. The molecule has 0 aliphatic carbocycles. The minimum absolute atomic E-state index is 0.124. The molecule has 0 radical (unpaired) electrons. The number of carbonyl (C=O) groups excluding carboxylic acids is 2. The lowest BCUT2D eigenvalue weighted by atomic mass is 10.1. The maximum Gasteiger partial charge on any atom is 0.328 e. The van der Waals surface area contributed by atoms with Crippen LogP contribution in [-0.4, -0.2) is 25.0 Å². The van der Waals surface area contributed by atoms with Gasteiger partial charge in [-0.05, 0) is 31.0 Å². The lowest BCUT2D eigenvalue weighted by Gasteiger charge is -2.15. The third kappa shape index (κ3) is 4.69. The quantitative estimate of drug-likeness (QED) is 0.635. The van der Waals surface area contributed by atoms with Gasteiger partial charge in [0.15, 0.2) is 0 Å². The second-order valence-corrected chi connectivity index (χ2v) is 4.11.